The predicted octanol–water partition coefficient (Wildman–Crippen LogP) is 1.76. The number of anilines is 1. The van der Waals surface area contributed by atoms with E-state index in [9.17, 15) is 5.11 Å². The molecule has 4 N–H and O–H groups in total. The number of nitrogens with one attached hydrogen (secondary N) is 1. The minimum absolute atomic E-state index is 0.123. The van der Waals surface area contributed by atoms with Crippen molar-refractivity contribution in [2.24, 2.45) is 0 Å². The Bertz CT molecular complexity index is 494. The maximum Gasteiger partial charge on any atom is 0.161 e. The number of nitrogens with zero attached hydrogens (tertiary/aromatic N) is 1. The number of rotatable bonds is 3. The molecule has 0 radical (unpaired) electrons. The number of nitrogen functional groups attached to an aromatic ring is 1. The first-order valence-corrected chi connectivity index (χ1v) is 4.97. The molecule has 5 nitrogen and oxygen atoms in total. The largest absolute Gasteiger partial charge is 0.504 e. The molecule has 0 saturated heterocycles. The highest BCUT2D eigenvalue weighted by atomic mass is 16.5. The second-order valence-corrected chi connectivity index (χ2v) is 3.32. The Morgan fingerprint density at radius 1 is 1.44 bits per heavy atom. The molecule has 1 heterocycles. The predicted molar refractivity (Wildman–Crippen MR) is 61.3 cm³/mol. The van der Waals surface area contributed by atoms with Gasteiger partial charge in [0.2, 0.25) is 0 Å². The van der Waals surface area contributed by atoms with E-state index in [0.29, 0.717) is 18.2 Å². The molecular formula is C11H13N3O2. The number of ether oxygens (including phenoxy) is 1. The van der Waals surface area contributed by atoms with Crippen molar-refractivity contribution in [2.75, 3.05) is 12.3 Å². The van der Waals surface area contributed by atoms with E-state index in [2.05, 4.69) is 10.2 Å². The highest BCUT2D eigenvalue weighted by molar-refractivity contribution is 5.65. The van der Waals surface area contributed by atoms with Gasteiger partial charge in [0.15, 0.2) is 11.5 Å². The Kier molecular flexibility index (Phi) is 2.68. The molecule has 5 heteroatoms. The van der Waals surface area contributed by atoms with Crippen molar-refractivity contribution in [1.29, 1.82) is 0 Å². The average molecular weight is 219 g/mol. The molecule has 0 unspecified atom stereocenters. The van der Waals surface area contributed by atoms with E-state index in [4.69, 9.17) is 10.5 Å². The second kappa shape index (κ2) is 4.14. The number of benzene rings is 1. The van der Waals surface area contributed by atoms with E-state index in [1.165, 1.54) is 0 Å². The summed E-state index contributed by atoms with van der Waals surface area (Å²) in [7, 11) is 0. The third-order valence-electron chi connectivity index (χ3n) is 2.17. The average Bonchev–Trinajstić information content (AvgIpc) is 2.69. The van der Waals surface area contributed by atoms with Gasteiger partial charge in [-0.2, -0.15) is 5.10 Å². The van der Waals surface area contributed by atoms with Gasteiger partial charge < -0.3 is 15.6 Å². The van der Waals surface area contributed by atoms with Crippen LogP contribution in [0.15, 0.2) is 24.3 Å². The molecule has 0 aliphatic rings. The normalized spacial score (nSPS) is 10.3. The standard InChI is InChI=1S/C11H13N3O2/c1-2-16-10-5-7(3-4-9(10)15)8-6-11(12)14-13-8/h3-6,15H,2H2,1H3,(H3,12,13,14). The lowest BCUT2D eigenvalue weighted by atomic mass is 10.1. The van der Waals surface area contributed by atoms with Crippen LogP contribution in [0.2, 0.25) is 0 Å². The minimum Gasteiger partial charge on any atom is -0.504 e. The zero-order chi connectivity index (χ0) is 11.5. The maximum absolute atomic E-state index is 9.54. The summed E-state index contributed by atoms with van der Waals surface area (Å²) in [6, 6.07) is 6.82. The quantitative estimate of drug-likeness (QED) is 0.734. The first-order chi connectivity index (χ1) is 7.70. The van der Waals surface area contributed by atoms with Crippen molar-refractivity contribution in [1.82, 2.24) is 10.2 Å². The number of nitrogens with two attached hydrogens (primary N) is 1. The zero-order valence-electron chi connectivity index (χ0n) is 8.90. The molecule has 2 rings (SSSR count). The summed E-state index contributed by atoms with van der Waals surface area (Å²) in [4.78, 5) is 0. The Morgan fingerprint density at radius 3 is 2.88 bits per heavy atom. The van der Waals surface area contributed by atoms with Crippen LogP contribution in [0.25, 0.3) is 11.3 Å². The second-order valence-electron chi connectivity index (χ2n) is 3.32. The lowest BCUT2D eigenvalue weighted by Crippen LogP contribution is -1.92. The summed E-state index contributed by atoms with van der Waals surface area (Å²) in [6.45, 7) is 2.36. The third-order valence-corrected chi connectivity index (χ3v) is 2.17. The topological polar surface area (TPSA) is 84.2 Å². The molecule has 1 aromatic carbocycles. The van der Waals surface area contributed by atoms with E-state index in [0.717, 1.165) is 11.3 Å². The molecule has 84 valence electrons. The van der Waals surface area contributed by atoms with E-state index < -0.39 is 0 Å². The van der Waals surface area contributed by atoms with Gasteiger partial charge >= 0.3 is 0 Å². The van der Waals surface area contributed by atoms with E-state index in [1.54, 1.807) is 24.3 Å². The third kappa shape index (κ3) is 1.93. The van der Waals surface area contributed by atoms with Gasteiger partial charge in [-0.25, -0.2) is 0 Å². The molecule has 0 fully saturated rings. The monoisotopic (exact) mass is 219 g/mol. The number of aromatic amines is 1. The lowest BCUT2D eigenvalue weighted by Gasteiger charge is -2.07. The molecule has 16 heavy (non-hydrogen) atoms. The fraction of sp³-hybridized carbons (Fsp3) is 0.182. The first kappa shape index (κ1) is 10.4. The van der Waals surface area contributed by atoms with Crippen LogP contribution >= 0.6 is 0 Å². The molecule has 1 aromatic heterocycles. The van der Waals surface area contributed by atoms with Gasteiger partial charge in [0, 0.05) is 11.6 Å². The SMILES string of the molecule is CCOc1cc(-c2cc(N)n[nH]2)ccc1O. The van der Waals surface area contributed by atoms with E-state index in [1.807, 2.05) is 6.92 Å². The molecular weight excluding hydrogens is 206 g/mol. The number of hydrogen-bond donors (Lipinski definition) is 3. The lowest BCUT2D eigenvalue weighted by molar-refractivity contribution is 0.318. The molecule has 2 aromatic rings. The summed E-state index contributed by atoms with van der Waals surface area (Å²) < 4.78 is 5.29. The first-order valence-electron chi connectivity index (χ1n) is 4.97. The molecule has 0 spiro atoms. The number of phenols is 1. The van der Waals surface area contributed by atoms with Crippen LogP contribution in [0.1, 0.15) is 6.92 Å². The minimum atomic E-state index is 0.123. The van der Waals surface area contributed by atoms with Crippen molar-refractivity contribution in [3.63, 3.8) is 0 Å². The molecule has 0 saturated carbocycles. The zero-order valence-corrected chi connectivity index (χ0v) is 8.90. The van der Waals surface area contributed by atoms with E-state index >= 15 is 0 Å². The highest BCUT2D eigenvalue weighted by Crippen LogP contribution is 2.31. The van der Waals surface area contributed by atoms with Crippen molar-refractivity contribution < 1.29 is 9.84 Å². The van der Waals surface area contributed by atoms with Gasteiger partial charge in [-0.1, -0.05) is 0 Å². The van der Waals surface area contributed by atoms with Crippen LogP contribution in [0.5, 0.6) is 11.5 Å². The van der Waals surface area contributed by atoms with Crippen LogP contribution in [0.3, 0.4) is 0 Å². The van der Waals surface area contributed by atoms with Crippen LogP contribution in [-0.2, 0) is 0 Å². The fourth-order valence-corrected chi connectivity index (χ4v) is 1.44. The molecule has 0 amide bonds. The molecule has 0 bridgehead atoms. The maximum atomic E-state index is 9.54. The molecule has 0 aliphatic carbocycles. The van der Waals surface area contributed by atoms with Crippen molar-refractivity contribution in [3.05, 3.63) is 24.3 Å². The van der Waals surface area contributed by atoms with Crippen LogP contribution in [-0.4, -0.2) is 21.9 Å². The summed E-state index contributed by atoms with van der Waals surface area (Å²) in [5, 5.41) is 16.2. The Labute approximate surface area is 92.9 Å². The van der Waals surface area contributed by atoms with Gasteiger partial charge in [-0.05, 0) is 25.1 Å². The number of H-pyrrole nitrogens is 1. The van der Waals surface area contributed by atoms with Crippen LogP contribution in [0, 0.1) is 0 Å². The molecule has 0 atom stereocenters. The summed E-state index contributed by atoms with van der Waals surface area (Å²) in [5.41, 5.74) is 7.18. The highest BCUT2D eigenvalue weighted by Gasteiger charge is 2.06. The number of hydrogen-bond acceptors (Lipinski definition) is 4. The van der Waals surface area contributed by atoms with Gasteiger partial charge in [0.05, 0.1) is 12.3 Å². The number of aromatic hydroxyl groups is 1. The number of phenolic OH excluding ortho intramolecular Hbond substituents is 1. The van der Waals surface area contributed by atoms with Crippen molar-refractivity contribution in [3.8, 4) is 22.8 Å². The van der Waals surface area contributed by atoms with E-state index in [-0.39, 0.29) is 5.75 Å². The van der Waals surface area contributed by atoms with Crippen LogP contribution in [0.4, 0.5) is 5.82 Å². The van der Waals surface area contributed by atoms with Crippen molar-refractivity contribution in [2.45, 2.75) is 6.92 Å². The Morgan fingerprint density at radius 2 is 2.25 bits per heavy atom. The smallest absolute Gasteiger partial charge is 0.161 e. The van der Waals surface area contributed by atoms with Gasteiger partial charge in [-0.15, -0.1) is 0 Å². The fourth-order valence-electron chi connectivity index (χ4n) is 1.44. The van der Waals surface area contributed by atoms with Gasteiger partial charge in [0.25, 0.3) is 0 Å². The van der Waals surface area contributed by atoms with Crippen LogP contribution < -0.4 is 10.5 Å². The number of aromatic nitrogens is 2. The summed E-state index contributed by atoms with van der Waals surface area (Å²) in [6.07, 6.45) is 0. The van der Waals surface area contributed by atoms with Gasteiger partial charge in [-0.3, -0.25) is 5.10 Å². The summed E-state index contributed by atoms with van der Waals surface area (Å²) >= 11 is 0. The Hall–Kier alpha value is -2.17. The summed E-state index contributed by atoms with van der Waals surface area (Å²) in [5.74, 6) is 1.01. The van der Waals surface area contributed by atoms with Gasteiger partial charge in [0.1, 0.15) is 5.82 Å². The molecule has 0 aliphatic heterocycles. The Balaban J connectivity index is 2.39. The van der Waals surface area contributed by atoms with Crippen molar-refractivity contribution >= 4 is 5.82 Å².